The van der Waals surface area contributed by atoms with Crippen molar-refractivity contribution in [2.75, 3.05) is 20.5 Å². The van der Waals surface area contributed by atoms with Crippen molar-refractivity contribution in [1.82, 2.24) is 0 Å². The summed E-state index contributed by atoms with van der Waals surface area (Å²) in [5.74, 6) is -0.00121. The van der Waals surface area contributed by atoms with E-state index in [1.54, 1.807) is 7.11 Å². The van der Waals surface area contributed by atoms with Crippen LogP contribution in [0.5, 0.6) is 0 Å². The van der Waals surface area contributed by atoms with Crippen molar-refractivity contribution in [1.29, 1.82) is 0 Å². The van der Waals surface area contributed by atoms with Crippen LogP contribution in [0.3, 0.4) is 0 Å². The number of ether oxygens (including phenoxy) is 3. The number of methoxy groups -OCH3 is 1. The van der Waals surface area contributed by atoms with Gasteiger partial charge in [0.15, 0.2) is 5.78 Å². The Bertz CT molecular complexity index is 502. The van der Waals surface area contributed by atoms with E-state index in [2.05, 4.69) is 0 Å². The van der Waals surface area contributed by atoms with Gasteiger partial charge in [-0.05, 0) is 59.0 Å². The van der Waals surface area contributed by atoms with Crippen LogP contribution in [0.15, 0.2) is 11.6 Å². The van der Waals surface area contributed by atoms with Crippen LogP contribution in [0.4, 0.5) is 0 Å². The molecule has 0 spiro atoms. The summed E-state index contributed by atoms with van der Waals surface area (Å²) >= 11 is 0. The van der Waals surface area contributed by atoms with Gasteiger partial charge in [0, 0.05) is 18.9 Å². The highest BCUT2D eigenvalue weighted by Gasteiger charge is 2.49. The summed E-state index contributed by atoms with van der Waals surface area (Å²) in [5.41, 5.74) is 0.492. The Hall–Kier alpha value is -1.20. The molecule has 136 valence electrons. The lowest BCUT2D eigenvalue weighted by Gasteiger charge is -2.43. The van der Waals surface area contributed by atoms with Crippen molar-refractivity contribution in [2.45, 2.75) is 65.4 Å². The molecule has 0 heterocycles. The molecule has 0 bridgehead atoms. The van der Waals surface area contributed by atoms with Crippen LogP contribution in [0.25, 0.3) is 0 Å². The lowest BCUT2D eigenvalue weighted by atomic mass is 9.66. The van der Waals surface area contributed by atoms with E-state index in [4.69, 9.17) is 14.2 Å². The number of fused-ring (bicyclic) bond motifs is 1. The Morgan fingerprint density at radius 3 is 2.79 bits per heavy atom. The summed E-state index contributed by atoms with van der Waals surface area (Å²) in [6, 6.07) is 0. The molecule has 2 aliphatic carbocycles. The van der Waals surface area contributed by atoms with E-state index in [0.29, 0.717) is 13.0 Å². The number of hydrogen-bond donors (Lipinski definition) is 0. The first kappa shape index (κ1) is 19.1. The standard InChI is InChI=1S/C19H30O5/c1-18(2,3)17(21)23-10-6-9-19-12-15(20)11-14(19)7-5-8-16(19)24-13-22-4/h11,16H,5-10,12-13H2,1-4H3/t16-,19-/m1/s1. The Balaban J connectivity index is 1.98. The molecule has 2 atom stereocenters. The number of allylic oxidation sites excluding steroid dienone is 1. The van der Waals surface area contributed by atoms with Gasteiger partial charge in [0.05, 0.1) is 18.1 Å². The second-order valence-electron chi connectivity index (χ2n) is 7.91. The quantitative estimate of drug-likeness (QED) is 0.404. The summed E-state index contributed by atoms with van der Waals surface area (Å²) in [6.45, 7) is 6.17. The summed E-state index contributed by atoms with van der Waals surface area (Å²) in [4.78, 5) is 23.9. The zero-order valence-corrected chi connectivity index (χ0v) is 15.4. The van der Waals surface area contributed by atoms with Crippen LogP contribution in [0.2, 0.25) is 0 Å². The largest absolute Gasteiger partial charge is 0.465 e. The van der Waals surface area contributed by atoms with Gasteiger partial charge in [-0.15, -0.1) is 0 Å². The van der Waals surface area contributed by atoms with Gasteiger partial charge in [-0.25, -0.2) is 0 Å². The molecule has 0 aliphatic heterocycles. The second kappa shape index (κ2) is 7.79. The molecular formula is C19H30O5. The summed E-state index contributed by atoms with van der Waals surface area (Å²) in [6.07, 6.45) is 6.79. The average molecular weight is 338 g/mol. The third kappa shape index (κ3) is 4.25. The molecule has 0 aromatic heterocycles. The van der Waals surface area contributed by atoms with Gasteiger partial charge >= 0.3 is 5.97 Å². The highest BCUT2D eigenvalue weighted by Crippen LogP contribution is 2.52. The first-order valence-electron chi connectivity index (χ1n) is 8.81. The maximum Gasteiger partial charge on any atom is 0.311 e. The minimum absolute atomic E-state index is 0.00205. The monoisotopic (exact) mass is 338 g/mol. The lowest BCUT2D eigenvalue weighted by molar-refractivity contribution is -0.153. The van der Waals surface area contributed by atoms with Gasteiger partial charge in [-0.2, -0.15) is 0 Å². The van der Waals surface area contributed by atoms with E-state index >= 15 is 0 Å². The maximum absolute atomic E-state index is 12.1. The van der Waals surface area contributed by atoms with Crippen molar-refractivity contribution >= 4 is 11.8 Å². The second-order valence-corrected chi connectivity index (χ2v) is 7.91. The topological polar surface area (TPSA) is 61.8 Å². The fraction of sp³-hybridized carbons (Fsp3) is 0.789. The van der Waals surface area contributed by atoms with Crippen LogP contribution in [0.1, 0.15) is 59.3 Å². The number of rotatable bonds is 7. The predicted molar refractivity (Wildman–Crippen MR) is 90.4 cm³/mol. The minimum atomic E-state index is -0.485. The van der Waals surface area contributed by atoms with Crippen molar-refractivity contribution in [3.05, 3.63) is 11.6 Å². The Morgan fingerprint density at radius 2 is 2.12 bits per heavy atom. The zero-order chi connectivity index (χ0) is 17.8. The molecule has 0 radical (unpaired) electrons. The summed E-state index contributed by atoms with van der Waals surface area (Å²) < 4.78 is 16.3. The SMILES string of the molecule is COCO[C@@H]1CCCC2=CC(=O)C[C@]21CCCOC(=O)C(C)(C)C. The fourth-order valence-electron chi connectivity index (χ4n) is 3.78. The highest BCUT2D eigenvalue weighted by atomic mass is 16.7. The summed E-state index contributed by atoms with van der Waals surface area (Å²) in [7, 11) is 1.61. The Kier molecular flexibility index (Phi) is 6.21. The molecule has 0 unspecified atom stereocenters. The van der Waals surface area contributed by atoms with E-state index in [0.717, 1.165) is 32.1 Å². The molecule has 0 amide bonds. The van der Waals surface area contributed by atoms with E-state index < -0.39 is 5.41 Å². The number of ketones is 1. The molecule has 0 aromatic carbocycles. The van der Waals surface area contributed by atoms with Gasteiger partial charge < -0.3 is 14.2 Å². The number of hydrogen-bond acceptors (Lipinski definition) is 5. The van der Waals surface area contributed by atoms with E-state index in [-0.39, 0.29) is 30.1 Å². The van der Waals surface area contributed by atoms with Crippen LogP contribution >= 0.6 is 0 Å². The van der Waals surface area contributed by atoms with E-state index in [1.165, 1.54) is 5.57 Å². The molecule has 5 heteroatoms. The van der Waals surface area contributed by atoms with Gasteiger partial charge in [0.25, 0.3) is 0 Å². The van der Waals surface area contributed by atoms with Gasteiger partial charge in [-0.3, -0.25) is 9.59 Å². The van der Waals surface area contributed by atoms with Crippen molar-refractivity contribution in [2.24, 2.45) is 10.8 Å². The van der Waals surface area contributed by atoms with Gasteiger partial charge in [0.2, 0.25) is 0 Å². The Morgan fingerprint density at radius 1 is 1.38 bits per heavy atom. The van der Waals surface area contributed by atoms with Crippen LogP contribution < -0.4 is 0 Å². The van der Waals surface area contributed by atoms with Gasteiger partial charge in [0.1, 0.15) is 6.79 Å². The number of esters is 1. The lowest BCUT2D eigenvalue weighted by Crippen LogP contribution is -2.41. The molecule has 0 N–H and O–H groups in total. The van der Waals surface area contributed by atoms with Gasteiger partial charge in [-0.1, -0.05) is 5.57 Å². The highest BCUT2D eigenvalue weighted by molar-refractivity contribution is 5.94. The molecule has 5 nitrogen and oxygen atoms in total. The molecule has 0 saturated heterocycles. The molecular weight excluding hydrogens is 308 g/mol. The summed E-state index contributed by atoms with van der Waals surface area (Å²) in [5, 5.41) is 0. The van der Waals surface area contributed by atoms with Crippen LogP contribution in [-0.4, -0.2) is 38.4 Å². The molecule has 2 aliphatic rings. The Labute approximate surface area is 144 Å². The van der Waals surface area contributed by atoms with E-state index in [1.807, 2.05) is 26.8 Å². The smallest absolute Gasteiger partial charge is 0.311 e. The fourth-order valence-corrected chi connectivity index (χ4v) is 3.78. The molecule has 24 heavy (non-hydrogen) atoms. The average Bonchev–Trinajstić information content (AvgIpc) is 2.84. The van der Waals surface area contributed by atoms with Crippen LogP contribution in [-0.2, 0) is 23.8 Å². The predicted octanol–water partition coefficient (Wildman–Crippen LogP) is 3.41. The third-order valence-corrected chi connectivity index (χ3v) is 4.99. The van der Waals surface area contributed by atoms with Crippen molar-refractivity contribution in [3.8, 4) is 0 Å². The van der Waals surface area contributed by atoms with Crippen molar-refractivity contribution < 1.29 is 23.8 Å². The molecule has 1 saturated carbocycles. The van der Waals surface area contributed by atoms with E-state index in [9.17, 15) is 9.59 Å². The molecule has 0 aromatic rings. The maximum atomic E-state index is 12.1. The third-order valence-electron chi connectivity index (χ3n) is 4.99. The first-order valence-corrected chi connectivity index (χ1v) is 8.81. The zero-order valence-electron chi connectivity index (χ0n) is 15.4. The molecule has 2 rings (SSSR count). The normalized spacial score (nSPS) is 26.9. The minimum Gasteiger partial charge on any atom is -0.465 e. The first-order chi connectivity index (χ1) is 11.3. The number of carbonyl (C=O) groups excluding carboxylic acids is 2. The molecule has 1 fully saturated rings. The van der Waals surface area contributed by atoms with Crippen molar-refractivity contribution in [3.63, 3.8) is 0 Å². The number of carbonyl (C=O) groups is 2. The van der Waals surface area contributed by atoms with Crippen LogP contribution in [0, 0.1) is 10.8 Å².